The van der Waals surface area contributed by atoms with E-state index in [1.807, 2.05) is 0 Å². The van der Waals surface area contributed by atoms with Crippen LogP contribution in [-0.4, -0.2) is 24.8 Å². The molecule has 90 valence electrons. The van der Waals surface area contributed by atoms with Gasteiger partial charge in [-0.25, -0.2) is 0 Å². The zero-order chi connectivity index (χ0) is 12.2. The monoisotopic (exact) mass is 234 g/mol. The van der Waals surface area contributed by atoms with Crippen molar-refractivity contribution < 1.29 is 17.9 Å². The number of hydrogen-bond acceptors (Lipinski definition) is 3. The highest BCUT2D eigenvalue weighted by Crippen LogP contribution is 2.22. The Kier molecular flexibility index (Phi) is 4.12. The van der Waals surface area contributed by atoms with Crippen LogP contribution in [0, 0.1) is 6.92 Å². The lowest BCUT2D eigenvalue weighted by Crippen LogP contribution is -2.20. The summed E-state index contributed by atoms with van der Waals surface area (Å²) in [5.74, 6) is 0.220. The molecule has 1 aromatic heterocycles. The van der Waals surface area contributed by atoms with Crippen LogP contribution in [0.25, 0.3) is 0 Å². The van der Waals surface area contributed by atoms with Gasteiger partial charge < -0.3 is 10.1 Å². The van der Waals surface area contributed by atoms with E-state index in [0.717, 1.165) is 0 Å². The van der Waals surface area contributed by atoms with Crippen LogP contribution in [0.1, 0.15) is 11.3 Å². The average molecular weight is 234 g/mol. The average Bonchev–Trinajstić information content (AvgIpc) is 2.18. The fourth-order valence-electron chi connectivity index (χ4n) is 1.22. The van der Waals surface area contributed by atoms with Gasteiger partial charge in [-0.05, 0) is 20.0 Å². The van der Waals surface area contributed by atoms with Crippen molar-refractivity contribution >= 4 is 0 Å². The van der Waals surface area contributed by atoms with Gasteiger partial charge in [0.25, 0.3) is 0 Å². The van der Waals surface area contributed by atoms with Crippen molar-refractivity contribution in [1.29, 1.82) is 0 Å². The van der Waals surface area contributed by atoms with E-state index < -0.39 is 12.8 Å². The summed E-state index contributed by atoms with van der Waals surface area (Å²) in [4.78, 5) is 4.05. The van der Waals surface area contributed by atoms with Crippen molar-refractivity contribution in [3.63, 3.8) is 0 Å². The molecule has 0 radical (unpaired) electrons. The van der Waals surface area contributed by atoms with Crippen LogP contribution in [0.5, 0.6) is 5.75 Å². The molecule has 0 aliphatic carbocycles. The van der Waals surface area contributed by atoms with Crippen LogP contribution >= 0.6 is 0 Å². The van der Waals surface area contributed by atoms with E-state index in [1.54, 1.807) is 14.0 Å². The molecule has 0 aliphatic heterocycles. The Morgan fingerprint density at radius 1 is 1.44 bits per heavy atom. The first-order valence-corrected chi connectivity index (χ1v) is 4.72. The third-order valence-electron chi connectivity index (χ3n) is 1.99. The Labute approximate surface area is 91.6 Å². The largest absolute Gasteiger partial charge is 0.484 e. The summed E-state index contributed by atoms with van der Waals surface area (Å²) in [6.07, 6.45) is -2.88. The highest BCUT2D eigenvalue weighted by Gasteiger charge is 2.28. The molecule has 0 saturated heterocycles. The molecule has 6 heteroatoms. The van der Waals surface area contributed by atoms with E-state index in [9.17, 15) is 13.2 Å². The molecule has 0 spiro atoms. The Morgan fingerprint density at radius 2 is 2.12 bits per heavy atom. The zero-order valence-corrected chi connectivity index (χ0v) is 9.06. The van der Waals surface area contributed by atoms with Gasteiger partial charge in [-0.3, -0.25) is 4.98 Å². The van der Waals surface area contributed by atoms with Gasteiger partial charge in [-0.1, -0.05) is 0 Å². The normalized spacial score (nSPS) is 11.6. The van der Waals surface area contributed by atoms with Gasteiger partial charge in [-0.2, -0.15) is 13.2 Å². The van der Waals surface area contributed by atoms with Crippen molar-refractivity contribution in [2.45, 2.75) is 19.6 Å². The van der Waals surface area contributed by atoms with Crippen molar-refractivity contribution in [2.75, 3.05) is 13.7 Å². The smallest absolute Gasteiger partial charge is 0.422 e. The van der Waals surface area contributed by atoms with Gasteiger partial charge in [0.1, 0.15) is 5.75 Å². The summed E-state index contributed by atoms with van der Waals surface area (Å²) < 4.78 is 40.6. The van der Waals surface area contributed by atoms with E-state index in [0.29, 0.717) is 17.8 Å². The van der Waals surface area contributed by atoms with E-state index in [2.05, 4.69) is 10.3 Å². The Balaban J connectivity index is 2.77. The van der Waals surface area contributed by atoms with Gasteiger partial charge in [-0.15, -0.1) is 0 Å². The first kappa shape index (κ1) is 12.8. The molecule has 1 N–H and O–H groups in total. The molecular weight excluding hydrogens is 221 g/mol. The van der Waals surface area contributed by atoms with E-state index in [-0.39, 0.29) is 5.75 Å². The summed E-state index contributed by atoms with van der Waals surface area (Å²) in [5.41, 5.74) is 1.31. The Hall–Kier alpha value is -1.30. The van der Waals surface area contributed by atoms with Crippen LogP contribution in [0.3, 0.4) is 0 Å². The molecule has 0 saturated carbocycles. The third-order valence-corrected chi connectivity index (χ3v) is 1.99. The second kappa shape index (κ2) is 5.16. The minimum Gasteiger partial charge on any atom is -0.484 e. The number of nitrogens with zero attached hydrogens (tertiary/aromatic N) is 1. The molecule has 0 amide bonds. The van der Waals surface area contributed by atoms with Crippen molar-refractivity contribution in [1.82, 2.24) is 10.3 Å². The number of halogens is 3. The number of pyridine rings is 1. The number of ether oxygens (including phenoxy) is 1. The lowest BCUT2D eigenvalue weighted by atomic mass is 10.2. The van der Waals surface area contributed by atoms with Crippen LogP contribution in [0.2, 0.25) is 0 Å². The van der Waals surface area contributed by atoms with E-state index in [1.165, 1.54) is 12.3 Å². The quantitative estimate of drug-likeness (QED) is 0.865. The molecule has 1 rings (SSSR count). The van der Waals surface area contributed by atoms with Gasteiger partial charge in [0, 0.05) is 18.3 Å². The molecule has 0 aromatic carbocycles. The first-order chi connectivity index (χ1) is 7.44. The highest BCUT2D eigenvalue weighted by atomic mass is 19.4. The lowest BCUT2D eigenvalue weighted by Gasteiger charge is -2.13. The third kappa shape index (κ3) is 3.69. The second-order valence-corrected chi connectivity index (χ2v) is 3.31. The molecule has 3 nitrogen and oxygen atoms in total. The van der Waals surface area contributed by atoms with E-state index in [4.69, 9.17) is 4.74 Å². The maximum Gasteiger partial charge on any atom is 0.422 e. The zero-order valence-electron chi connectivity index (χ0n) is 9.06. The number of rotatable bonds is 4. The Morgan fingerprint density at radius 3 is 2.69 bits per heavy atom. The standard InChI is InChI=1S/C10H13F3N2O/c1-7-8(5-14-2)15-4-3-9(7)16-6-10(11,12)13/h3-4,14H,5-6H2,1-2H3. The number of nitrogens with one attached hydrogen (secondary N) is 1. The van der Waals surface area contributed by atoms with Crippen LogP contribution in [0.15, 0.2) is 12.3 Å². The molecule has 0 aliphatic rings. The van der Waals surface area contributed by atoms with Crippen molar-refractivity contribution in [3.05, 3.63) is 23.5 Å². The molecule has 0 fully saturated rings. The maximum absolute atomic E-state index is 12.0. The maximum atomic E-state index is 12.0. The molecular formula is C10H13F3N2O. The minimum absolute atomic E-state index is 0.220. The Bertz CT molecular complexity index is 352. The molecule has 16 heavy (non-hydrogen) atoms. The summed E-state index contributed by atoms with van der Waals surface area (Å²) in [6.45, 7) is 0.900. The second-order valence-electron chi connectivity index (χ2n) is 3.31. The molecule has 0 unspecified atom stereocenters. The molecule has 0 bridgehead atoms. The minimum atomic E-state index is -4.32. The van der Waals surface area contributed by atoms with Gasteiger partial charge in [0.15, 0.2) is 6.61 Å². The van der Waals surface area contributed by atoms with Crippen molar-refractivity contribution in [3.8, 4) is 5.75 Å². The highest BCUT2D eigenvalue weighted by molar-refractivity contribution is 5.34. The molecule has 0 atom stereocenters. The first-order valence-electron chi connectivity index (χ1n) is 4.72. The summed E-state index contributed by atoms with van der Waals surface area (Å²) in [5, 5.41) is 2.88. The van der Waals surface area contributed by atoms with Crippen LogP contribution in [-0.2, 0) is 6.54 Å². The summed E-state index contributed by atoms with van der Waals surface area (Å²) >= 11 is 0. The fraction of sp³-hybridized carbons (Fsp3) is 0.500. The number of hydrogen-bond donors (Lipinski definition) is 1. The van der Waals surface area contributed by atoms with Crippen LogP contribution < -0.4 is 10.1 Å². The predicted molar refractivity (Wildman–Crippen MR) is 53.3 cm³/mol. The van der Waals surface area contributed by atoms with Crippen molar-refractivity contribution in [2.24, 2.45) is 0 Å². The van der Waals surface area contributed by atoms with Gasteiger partial charge >= 0.3 is 6.18 Å². The summed E-state index contributed by atoms with van der Waals surface area (Å²) in [6, 6.07) is 1.43. The van der Waals surface area contributed by atoms with Gasteiger partial charge in [0.2, 0.25) is 0 Å². The molecule has 1 aromatic rings. The number of alkyl halides is 3. The van der Waals surface area contributed by atoms with E-state index >= 15 is 0 Å². The summed E-state index contributed by atoms with van der Waals surface area (Å²) in [7, 11) is 1.74. The van der Waals surface area contributed by atoms with Crippen LogP contribution in [0.4, 0.5) is 13.2 Å². The SMILES string of the molecule is CNCc1nccc(OCC(F)(F)F)c1C. The lowest BCUT2D eigenvalue weighted by molar-refractivity contribution is -0.153. The topological polar surface area (TPSA) is 34.2 Å². The predicted octanol–water partition coefficient (Wildman–Crippen LogP) is 2.05. The number of aromatic nitrogens is 1. The molecule has 1 heterocycles. The van der Waals surface area contributed by atoms with Gasteiger partial charge in [0.05, 0.1) is 5.69 Å². The fourth-order valence-corrected chi connectivity index (χ4v) is 1.22.